The van der Waals surface area contributed by atoms with Gasteiger partial charge in [0.15, 0.2) is 0 Å². The number of aromatic nitrogens is 2. The number of hydrogen-bond donors (Lipinski definition) is 1. The minimum Gasteiger partial charge on any atom is -0.378 e. The second-order valence-electron chi connectivity index (χ2n) is 6.32. The van der Waals surface area contributed by atoms with Crippen LogP contribution in [0.25, 0.3) is 0 Å². The molecule has 1 heterocycles. The van der Waals surface area contributed by atoms with Gasteiger partial charge in [-0.25, -0.2) is 0 Å². The molecular weight excluding hydrogens is 238 g/mol. The van der Waals surface area contributed by atoms with Crippen LogP contribution < -0.4 is 5.32 Å². The molecule has 1 fully saturated rings. The maximum absolute atomic E-state index is 5.75. The lowest BCUT2D eigenvalue weighted by molar-refractivity contribution is -0.114. The van der Waals surface area contributed by atoms with Gasteiger partial charge in [-0.05, 0) is 33.3 Å². The Morgan fingerprint density at radius 2 is 2.26 bits per heavy atom. The predicted octanol–water partition coefficient (Wildman–Crippen LogP) is 2.76. The fourth-order valence-electron chi connectivity index (χ4n) is 2.70. The molecule has 0 spiro atoms. The summed E-state index contributed by atoms with van der Waals surface area (Å²) in [6.45, 7) is 12.6. The number of hydrogen-bond acceptors (Lipinski definition) is 3. The summed E-state index contributed by atoms with van der Waals surface area (Å²) in [5, 5.41) is 8.18. The summed E-state index contributed by atoms with van der Waals surface area (Å²) in [6.07, 6.45) is 3.55. The molecular formula is C15H27N3O. The molecule has 4 heteroatoms. The highest BCUT2D eigenvalue weighted by Gasteiger charge is 2.48. The predicted molar refractivity (Wildman–Crippen MR) is 77.1 cm³/mol. The SMILES string of the molecule is CCOC1CC(NCc2ccn(C(C)C)n2)C1(C)C. The first kappa shape index (κ1) is 14.5. The zero-order chi connectivity index (χ0) is 14.0. The Bertz CT molecular complexity index is 411. The van der Waals surface area contributed by atoms with Crippen molar-refractivity contribution in [3.8, 4) is 0 Å². The quantitative estimate of drug-likeness (QED) is 0.859. The smallest absolute Gasteiger partial charge is 0.0762 e. The fraction of sp³-hybridized carbons (Fsp3) is 0.800. The van der Waals surface area contributed by atoms with Crippen molar-refractivity contribution in [2.45, 2.75) is 65.8 Å². The van der Waals surface area contributed by atoms with Crippen molar-refractivity contribution in [3.63, 3.8) is 0 Å². The normalized spacial score (nSPS) is 25.6. The molecule has 0 aliphatic heterocycles. The van der Waals surface area contributed by atoms with Gasteiger partial charge in [-0.15, -0.1) is 0 Å². The average molecular weight is 265 g/mol. The highest BCUT2D eigenvalue weighted by Crippen LogP contribution is 2.42. The highest BCUT2D eigenvalue weighted by molar-refractivity contribution is 5.05. The molecule has 0 aromatic carbocycles. The Hall–Kier alpha value is -0.870. The molecule has 1 N–H and O–H groups in total. The van der Waals surface area contributed by atoms with Crippen molar-refractivity contribution < 1.29 is 4.74 Å². The van der Waals surface area contributed by atoms with Gasteiger partial charge in [0.05, 0.1) is 11.8 Å². The molecule has 2 atom stereocenters. The topological polar surface area (TPSA) is 39.1 Å². The van der Waals surface area contributed by atoms with E-state index in [1.54, 1.807) is 0 Å². The molecule has 4 nitrogen and oxygen atoms in total. The number of nitrogens with one attached hydrogen (secondary N) is 1. The first-order chi connectivity index (χ1) is 8.95. The lowest BCUT2D eigenvalue weighted by Gasteiger charge is -2.51. The van der Waals surface area contributed by atoms with Gasteiger partial charge in [-0.2, -0.15) is 5.10 Å². The molecule has 2 rings (SSSR count). The lowest BCUT2D eigenvalue weighted by atomic mass is 9.64. The Labute approximate surface area is 116 Å². The van der Waals surface area contributed by atoms with E-state index in [9.17, 15) is 0 Å². The molecule has 19 heavy (non-hydrogen) atoms. The van der Waals surface area contributed by atoms with Crippen LogP contribution in [0.15, 0.2) is 12.3 Å². The third kappa shape index (κ3) is 3.00. The van der Waals surface area contributed by atoms with Crippen LogP contribution in [-0.4, -0.2) is 28.5 Å². The van der Waals surface area contributed by atoms with Gasteiger partial charge >= 0.3 is 0 Å². The van der Waals surface area contributed by atoms with Crippen LogP contribution in [0.4, 0.5) is 0 Å². The van der Waals surface area contributed by atoms with Crippen molar-refractivity contribution in [3.05, 3.63) is 18.0 Å². The van der Waals surface area contributed by atoms with Gasteiger partial charge in [0.2, 0.25) is 0 Å². The minimum absolute atomic E-state index is 0.219. The van der Waals surface area contributed by atoms with E-state index in [1.165, 1.54) is 0 Å². The molecule has 1 aliphatic rings. The number of ether oxygens (including phenoxy) is 1. The van der Waals surface area contributed by atoms with Gasteiger partial charge in [-0.3, -0.25) is 4.68 Å². The fourth-order valence-corrected chi connectivity index (χ4v) is 2.70. The second kappa shape index (κ2) is 5.63. The van der Waals surface area contributed by atoms with Gasteiger partial charge in [0.1, 0.15) is 0 Å². The van der Waals surface area contributed by atoms with E-state index in [0.717, 1.165) is 25.3 Å². The first-order valence-corrected chi connectivity index (χ1v) is 7.34. The summed E-state index contributed by atoms with van der Waals surface area (Å²) in [4.78, 5) is 0. The Morgan fingerprint density at radius 1 is 1.53 bits per heavy atom. The second-order valence-corrected chi connectivity index (χ2v) is 6.32. The lowest BCUT2D eigenvalue weighted by Crippen LogP contribution is -2.60. The largest absolute Gasteiger partial charge is 0.378 e. The molecule has 1 saturated carbocycles. The van der Waals surface area contributed by atoms with Crippen LogP contribution in [0.2, 0.25) is 0 Å². The van der Waals surface area contributed by atoms with E-state index in [-0.39, 0.29) is 5.41 Å². The van der Waals surface area contributed by atoms with Crippen molar-refractivity contribution in [2.24, 2.45) is 5.41 Å². The zero-order valence-corrected chi connectivity index (χ0v) is 12.8. The standard InChI is InChI=1S/C15H27N3O/c1-6-19-14-9-13(15(14,4)5)16-10-12-7-8-18(17-12)11(2)3/h7-8,11,13-14,16H,6,9-10H2,1-5H3. The zero-order valence-electron chi connectivity index (χ0n) is 12.8. The molecule has 2 unspecified atom stereocenters. The van der Waals surface area contributed by atoms with Crippen molar-refractivity contribution in [1.29, 1.82) is 0 Å². The van der Waals surface area contributed by atoms with Crippen molar-refractivity contribution in [2.75, 3.05) is 6.61 Å². The van der Waals surface area contributed by atoms with Crippen LogP contribution in [0, 0.1) is 5.41 Å². The summed E-state index contributed by atoms with van der Waals surface area (Å²) in [5.74, 6) is 0. The molecule has 0 amide bonds. The molecule has 0 bridgehead atoms. The van der Waals surface area contributed by atoms with Crippen LogP contribution in [0.3, 0.4) is 0 Å². The Kier molecular flexibility index (Phi) is 4.31. The van der Waals surface area contributed by atoms with Gasteiger partial charge < -0.3 is 10.1 Å². The van der Waals surface area contributed by atoms with E-state index in [2.05, 4.69) is 57.3 Å². The van der Waals surface area contributed by atoms with E-state index >= 15 is 0 Å². The van der Waals surface area contributed by atoms with Crippen molar-refractivity contribution in [1.82, 2.24) is 15.1 Å². The van der Waals surface area contributed by atoms with Crippen molar-refractivity contribution >= 4 is 0 Å². The van der Waals surface area contributed by atoms with E-state index < -0.39 is 0 Å². The monoisotopic (exact) mass is 265 g/mol. The van der Waals surface area contributed by atoms with Crippen LogP contribution in [-0.2, 0) is 11.3 Å². The third-order valence-electron chi connectivity index (χ3n) is 4.27. The molecule has 108 valence electrons. The average Bonchev–Trinajstić information content (AvgIpc) is 2.81. The summed E-state index contributed by atoms with van der Waals surface area (Å²) >= 11 is 0. The summed E-state index contributed by atoms with van der Waals surface area (Å²) in [5.41, 5.74) is 1.33. The minimum atomic E-state index is 0.219. The van der Waals surface area contributed by atoms with E-state index in [4.69, 9.17) is 4.74 Å². The maximum Gasteiger partial charge on any atom is 0.0762 e. The van der Waals surface area contributed by atoms with E-state index in [1.807, 2.05) is 4.68 Å². The third-order valence-corrected chi connectivity index (χ3v) is 4.27. The molecule has 1 aromatic rings. The maximum atomic E-state index is 5.75. The Morgan fingerprint density at radius 3 is 2.79 bits per heavy atom. The van der Waals surface area contributed by atoms with Crippen LogP contribution in [0.5, 0.6) is 0 Å². The van der Waals surface area contributed by atoms with Gasteiger partial charge in [0, 0.05) is 36.8 Å². The molecule has 0 saturated heterocycles. The molecule has 1 aliphatic carbocycles. The summed E-state index contributed by atoms with van der Waals surface area (Å²) < 4.78 is 7.76. The molecule has 0 radical (unpaired) electrons. The summed E-state index contributed by atoms with van der Waals surface area (Å²) in [6, 6.07) is 3.04. The van der Waals surface area contributed by atoms with Gasteiger partial charge in [-0.1, -0.05) is 13.8 Å². The van der Waals surface area contributed by atoms with E-state index in [0.29, 0.717) is 18.2 Å². The number of rotatable bonds is 6. The molecule has 1 aromatic heterocycles. The van der Waals surface area contributed by atoms with Crippen LogP contribution >= 0.6 is 0 Å². The highest BCUT2D eigenvalue weighted by atomic mass is 16.5. The summed E-state index contributed by atoms with van der Waals surface area (Å²) in [7, 11) is 0. The van der Waals surface area contributed by atoms with Gasteiger partial charge in [0.25, 0.3) is 0 Å². The first-order valence-electron chi connectivity index (χ1n) is 7.34. The number of nitrogens with zero attached hydrogens (tertiary/aromatic N) is 2. The Balaban J connectivity index is 1.83. The van der Waals surface area contributed by atoms with Crippen LogP contribution in [0.1, 0.15) is 52.8 Å².